The second-order valence-corrected chi connectivity index (χ2v) is 2.40. The number of hydrogen-bond acceptors (Lipinski definition) is 2. The van der Waals surface area contributed by atoms with E-state index in [1.54, 1.807) is 0 Å². The van der Waals surface area contributed by atoms with Gasteiger partial charge in [-0.05, 0) is 12.2 Å². The second-order valence-electron chi connectivity index (χ2n) is 2.40. The van der Waals surface area contributed by atoms with Gasteiger partial charge in [0, 0.05) is 11.6 Å². The van der Waals surface area contributed by atoms with Crippen molar-refractivity contribution >= 4 is 11.7 Å². The number of hydrogen-bond donors (Lipinski definition) is 0. The first-order valence-electron chi connectivity index (χ1n) is 3.27. The highest BCUT2D eigenvalue weighted by Gasteiger charge is 2.24. The van der Waals surface area contributed by atoms with Crippen molar-refractivity contribution in [1.29, 1.82) is 0 Å². The van der Waals surface area contributed by atoms with Crippen LogP contribution in [0.2, 0.25) is 0 Å². The second kappa shape index (κ2) is 2.20. The van der Waals surface area contributed by atoms with Gasteiger partial charge in [-0.25, -0.2) is 9.38 Å². The predicted octanol–water partition coefficient (Wildman–Crippen LogP) is 1.61. The van der Waals surface area contributed by atoms with Crippen molar-refractivity contribution in [3.63, 3.8) is 0 Å². The summed E-state index contributed by atoms with van der Waals surface area (Å²) in [6, 6.07) is 0. The fraction of sp³-hybridized carbons (Fsp3) is 0. The van der Waals surface area contributed by atoms with Crippen molar-refractivity contribution in [1.82, 2.24) is 0 Å². The molecule has 0 fully saturated rings. The van der Waals surface area contributed by atoms with Gasteiger partial charge in [0.05, 0.1) is 5.70 Å². The summed E-state index contributed by atoms with van der Waals surface area (Å²) >= 11 is 0. The van der Waals surface area contributed by atoms with Gasteiger partial charge in [0.15, 0.2) is 11.6 Å². The third-order valence-corrected chi connectivity index (χ3v) is 1.61. The molecule has 2 rings (SSSR count). The Hall–Kier alpha value is -1.58. The molecule has 1 heterocycles. The van der Waals surface area contributed by atoms with Crippen molar-refractivity contribution in [2.24, 2.45) is 4.99 Å². The molecule has 2 aliphatic rings. The molecule has 0 aromatic rings. The quantitative estimate of drug-likeness (QED) is 0.539. The molecule has 1 aliphatic heterocycles. The summed E-state index contributed by atoms with van der Waals surface area (Å²) in [5.74, 6) is -2.46. The molecule has 0 radical (unpaired) electrons. The Morgan fingerprint density at radius 3 is 2.75 bits per heavy atom. The zero-order valence-electron chi connectivity index (χ0n) is 5.84. The largest absolute Gasteiger partial charge is 0.290 e. The average molecular weight is 167 g/mol. The number of carbonyl (C=O) groups is 1. The van der Waals surface area contributed by atoms with Crippen LogP contribution in [0.1, 0.15) is 0 Å². The lowest BCUT2D eigenvalue weighted by molar-refractivity contribution is -0.110. The van der Waals surface area contributed by atoms with Crippen molar-refractivity contribution in [2.75, 3.05) is 0 Å². The Bertz CT molecular complexity index is 388. The maximum Gasteiger partial charge on any atom is 0.250 e. The molecular formula is C8H3F2NO. The van der Waals surface area contributed by atoms with Gasteiger partial charge in [-0.3, -0.25) is 4.79 Å². The van der Waals surface area contributed by atoms with E-state index in [9.17, 15) is 13.6 Å². The number of carbonyl (C=O) groups excluding carboxylic acids is 1. The summed E-state index contributed by atoms with van der Waals surface area (Å²) in [5.41, 5.74) is 0.115. The highest BCUT2D eigenvalue weighted by molar-refractivity contribution is 6.06. The maximum atomic E-state index is 12.8. The Morgan fingerprint density at radius 2 is 2.00 bits per heavy atom. The topological polar surface area (TPSA) is 29.4 Å². The molecule has 0 unspecified atom stereocenters. The number of aliphatic imine (C=N–C) groups is 1. The monoisotopic (exact) mass is 167 g/mol. The van der Waals surface area contributed by atoms with E-state index in [0.29, 0.717) is 0 Å². The highest BCUT2D eigenvalue weighted by atomic mass is 19.2. The first-order chi connectivity index (χ1) is 5.68. The molecule has 1 aliphatic carbocycles. The summed E-state index contributed by atoms with van der Waals surface area (Å²) < 4.78 is 25.2. The first-order valence-corrected chi connectivity index (χ1v) is 3.27. The number of ketones is 1. The number of halogens is 2. The van der Waals surface area contributed by atoms with Gasteiger partial charge in [0.25, 0.3) is 0 Å². The lowest BCUT2D eigenvalue weighted by atomic mass is 10.1. The van der Waals surface area contributed by atoms with Crippen molar-refractivity contribution in [3.05, 3.63) is 35.3 Å². The maximum absolute atomic E-state index is 12.8. The van der Waals surface area contributed by atoms with Crippen LogP contribution in [0.5, 0.6) is 0 Å². The molecule has 0 amide bonds. The van der Waals surface area contributed by atoms with Gasteiger partial charge in [-0.2, -0.15) is 4.39 Å². The molecule has 2 nitrogen and oxygen atoms in total. The van der Waals surface area contributed by atoms with E-state index in [2.05, 4.69) is 4.99 Å². The molecule has 12 heavy (non-hydrogen) atoms. The molecule has 0 N–H and O–H groups in total. The highest BCUT2D eigenvalue weighted by Crippen LogP contribution is 2.29. The van der Waals surface area contributed by atoms with E-state index in [1.165, 1.54) is 12.2 Å². The van der Waals surface area contributed by atoms with E-state index >= 15 is 0 Å². The molecule has 0 bridgehead atoms. The van der Waals surface area contributed by atoms with Gasteiger partial charge < -0.3 is 0 Å². The Balaban J connectivity index is 2.58. The summed E-state index contributed by atoms with van der Waals surface area (Å²) in [6.07, 6.45) is 3.50. The molecule has 0 aromatic heterocycles. The summed E-state index contributed by atoms with van der Waals surface area (Å²) in [4.78, 5) is 14.0. The van der Waals surface area contributed by atoms with E-state index in [-0.39, 0.29) is 17.1 Å². The zero-order chi connectivity index (χ0) is 8.72. The van der Waals surface area contributed by atoms with Crippen molar-refractivity contribution in [3.8, 4) is 0 Å². The van der Waals surface area contributed by atoms with Crippen LogP contribution in [0.25, 0.3) is 0 Å². The summed E-state index contributed by atoms with van der Waals surface area (Å²) in [5, 5.41) is 0. The zero-order valence-corrected chi connectivity index (χ0v) is 5.84. The fourth-order valence-electron chi connectivity index (χ4n) is 1.06. The smallest absolute Gasteiger partial charge is 0.250 e. The van der Waals surface area contributed by atoms with Gasteiger partial charge in [-0.1, -0.05) is 0 Å². The Labute approximate surface area is 66.6 Å². The number of fused-ring (bicyclic) bond motifs is 1. The minimum Gasteiger partial charge on any atom is -0.290 e. The van der Waals surface area contributed by atoms with Gasteiger partial charge in [-0.15, -0.1) is 0 Å². The van der Waals surface area contributed by atoms with Crippen LogP contribution in [-0.4, -0.2) is 11.7 Å². The van der Waals surface area contributed by atoms with Crippen LogP contribution < -0.4 is 0 Å². The van der Waals surface area contributed by atoms with Gasteiger partial charge in [0.2, 0.25) is 5.97 Å². The van der Waals surface area contributed by atoms with Crippen LogP contribution >= 0.6 is 0 Å². The average Bonchev–Trinajstić information content (AvgIpc) is 2.28. The normalized spacial score (nSPS) is 21.0. The molecule has 0 spiro atoms. The molecule has 0 atom stereocenters. The van der Waals surface area contributed by atoms with E-state index in [0.717, 1.165) is 6.08 Å². The third kappa shape index (κ3) is 0.845. The van der Waals surface area contributed by atoms with Crippen molar-refractivity contribution < 1.29 is 13.6 Å². The van der Waals surface area contributed by atoms with Crippen LogP contribution in [0, 0.1) is 0 Å². The van der Waals surface area contributed by atoms with Crippen LogP contribution in [-0.2, 0) is 4.79 Å². The van der Waals surface area contributed by atoms with Gasteiger partial charge >= 0.3 is 0 Å². The number of allylic oxidation sites excluding steroid dienone is 4. The van der Waals surface area contributed by atoms with Crippen molar-refractivity contribution in [2.45, 2.75) is 0 Å². The van der Waals surface area contributed by atoms with Crippen LogP contribution in [0.3, 0.4) is 0 Å². The molecular weight excluding hydrogens is 164 g/mol. The molecule has 4 heteroatoms. The third-order valence-electron chi connectivity index (χ3n) is 1.61. The van der Waals surface area contributed by atoms with E-state index in [1.807, 2.05) is 0 Å². The number of rotatable bonds is 0. The van der Waals surface area contributed by atoms with Crippen LogP contribution in [0.4, 0.5) is 8.78 Å². The number of nitrogens with zero attached hydrogens (tertiary/aromatic N) is 1. The minimum atomic E-state index is -1.16. The Kier molecular flexibility index (Phi) is 1.30. The predicted molar refractivity (Wildman–Crippen MR) is 38.9 cm³/mol. The molecule has 0 aromatic carbocycles. The standard InChI is InChI=1S/C8H3F2NO/c9-7-5-2-1-4(12)3-6(5)11-8(7)10/h1-3H. The lowest BCUT2D eigenvalue weighted by Gasteiger charge is -1.99. The van der Waals surface area contributed by atoms with Gasteiger partial charge in [0.1, 0.15) is 0 Å². The van der Waals surface area contributed by atoms with Crippen LogP contribution in [0.15, 0.2) is 40.3 Å². The Morgan fingerprint density at radius 1 is 1.25 bits per heavy atom. The summed E-state index contributed by atoms with van der Waals surface area (Å²) in [7, 11) is 0. The van der Waals surface area contributed by atoms with E-state index < -0.39 is 11.8 Å². The lowest BCUT2D eigenvalue weighted by Crippen LogP contribution is -1.96. The van der Waals surface area contributed by atoms with E-state index in [4.69, 9.17) is 0 Å². The first kappa shape index (κ1) is 7.09. The SMILES string of the molecule is O=C1C=CC2=C(F)C(F)=NC2=C1. The molecule has 60 valence electrons. The summed E-state index contributed by atoms with van der Waals surface area (Å²) in [6.45, 7) is 0. The fourth-order valence-corrected chi connectivity index (χ4v) is 1.06. The molecule has 0 saturated carbocycles. The molecule has 0 saturated heterocycles. The minimum absolute atomic E-state index is 0.0482.